The van der Waals surface area contributed by atoms with Crippen LogP contribution in [0.3, 0.4) is 0 Å². The van der Waals surface area contributed by atoms with Crippen LogP contribution in [0.4, 0.5) is 5.69 Å². The number of amides is 2. The summed E-state index contributed by atoms with van der Waals surface area (Å²) in [6, 6.07) is 12.2. The van der Waals surface area contributed by atoms with Gasteiger partial charge in [0.05, 0.1) is 5.56 Å². The molecule has 2 aromatic rings. The molecule has 1 saturated carbocycles. The van der Waals surface area contributed by atoms with Crippen LogP contribution in [0.15, 0.2) is 47.4 Å². The van der Waals surface area contributed by atoms with E-state index in [1.165, 1.54) is 23.8 Å². The van der Waals surface area contributed by atoms with Gasteiger partial charge >= 0.3 is 0 Å². The van der Waals surface area contributed by atoms with Crippen molar-refractivity contribution < 1.29 is 18.0 Å². The van der Waals surface area contributed by atoms with Gasteiger partial charge in [0.2, 0.25) is 0 Å². The van der Waals surface area contributed by atoms with Gasteiger partial charge < -0.3 is 10.2 Å². The highest BCUT2D eigenvalue weighted by Crippen LogP contribution is 2.39. The molecule has 1 aliphatic carbocycles. The van der Waals surface area contributed by atoms with Crippen molar-refractivity contribution >= 4 is 27.5 Å². The van der Waals surface area contributed by atoms with E-state index in [-0.39, 0.29) is 28.0 Å². The van der Waals surface area contributed by atoms with Crippen LogP contribution in [-0.4, -0.2) is 50.2 Å². The number of sulfonamides is 1. The fraction of sp³-hybridized carbons (Fsp3) is 0.364. The van der Waals surface area contributed by atoms with E-state index >= 15 is 0 Å². The average Bonchev–Trinajstić information content (AvgIpc) is 3.52. The van der Waals surface area contributed by atoms with Crippen LogP contribution in [0.5, 0.6) is 0 Å². The molecule has 1 heterocycles. The van der Waals surface area contributed by atoms with Gasteiger partial charge in [0.15, 0.2) is 0 Å². The molecule has 30 heavy (non-hydrogen) atoms. The summed E-state index contributed by atoms with van der Waals surface area (Å²) in [4.78, 5) is 27.1. The molecule has 1 aliphatic heterocycles. The predicted molar refractivity (Wildman–Crippen MR) is 114 cm³/mol. The molecule has 1 N–H and O–H groups in total. The first-order valence-corrected chi connectivity index (χ1v) is 11.6. The van der Waals surface area contributed by atoms with E-state index < -0.39 is 15.9 Å². The Balaban J connectivity index is 1.44. The molecule has 8 heteroatoms. The van der Waals surface area contributed by atoms with Crippen LogP contribution in [0.25, 0.3) is 0 Å². The zero-order chi connectivity index (χ0) is 21.5. The Kier molecular flexibility index (Phi) is 5.27. The fourth-order valence-corrected chi connectivity index (χ4v) is 5.60. The molecule has 2 aliphatic rings. The molecule has 1 fully saturated rings. The Morgan fingerprint density at radius 2 is 1.97 bits per heavy atom. The highest BCUT2D eigenvalue weighted by atomic mass is 32.2. The third kappa shape index (κ3) is 3.67. The van der Waals surface area contributed by atoms with Crippen molar-refractivity contribution in [2.45, 2.75) is 37.6 Å². The van der Waals surface area contributed by atoms with E-state index in [1.54, 1.807) is 0 Å². The molecule has 0 aromatic heterocycles. The van der Waals surface area contributed by atoms with Gasteiger partial charge in [-0.1, -0.05) is 12.1 Å². The minimum atomic E-state index is -3.87. The van der Waals surface area contributed by atoms with Gasteiger partial charge in [-0.3, -0.25) is 9.59 Å². The van der Waals surface area contributed by atoms with Crippen LogP contribution in [0.1, 0.15) is 46.0 Å². The number of likely N-dealkylation sites (N-methyl/N-ethyl adjacent to an activating group) is 1. The van der Waals surface area contributed by atoms with Crippen molar-refractivity contribution in [3.05, 3.63) is 59.2 Å². The molecule has 4 rings (SSSR count). The van der Waals surface area contributed by atoms with Crippen LogP contribution in [0.2, 0.25) is 0 Å². The summed E-state index contributed by atoms with van der Waals surface area (Å²) in [6.07, 6.45) is 1.39. The Morgan fingerprint density at radius 3 is 2.63 bits per heavy atom. The van der Waals surface area contributed by atoms with E-state index in [0.29, 0.717) is 25.9 Å². The summed E-state index contributed by atoms with van der Waals surface area (Å²) in [7, 11) is -3.87. The molecule has 0 bridgehead atoms. The summed E-state index contributed by atoms with van der Waals surface area (Å²) in [5.41, 5.74) is 2.65. The second-order valence-corrected chi connectivity index (χ2v) is 9.51. The Hall–Kier alpha value is -2.87. The first-order chi connectivity index (χ1) is 14.3. The SMILES string of the molecule is CCN(CCNC(=O)c1ccc2c(c1)S(=O)(=O)N(C1CC1)C2=O)c1cccc(C)c1. The molecule has 0 unspecified atom stereocenters. The number of carbonyl (C=O) groups is 2. The third-order valence-corrected chi connectivity index (χ3v) is 7.38. The van der Waals surface area contributed by atoms with Gasteiger partial charge in [-0.05, 0) is 62.6 Å². The third-order valence-electron chi connectivity index (χ3n) is 5.51. The molecule has 0 saturated heterocycles. The van der Waals surface area contributed by atoms with Crippen LogP contribution in [0, 0.1) is 6.92 Å². The molecule has 158 valence electrons. The van der Waals surface area contributed by atoms with Crippen molar-refractivity contribution in [1.29, 1.82) is 0 Å². The second-order valence-electron chi connectivity index (χ2n) is 7.72. The van der Waals surface area contributed by atoms with E-state index in [2.05, 4.69) is 23.2 Å². The molecule has 0 atom stereocenters. The fourth-order valence-electron chi connectivity index (χ4n) is 3.76. The Morgan fingerprint density at radius 1 is 1.20 bits per heavy atom. The minimum Gasteiger partial charge on any atom is -0.370 e. The number of benzene rings is 2. The summed E-state index contributed by atoms with van der Waals surface area (Å²) in [5, 5.41) is 2.85. The Labute approximate surface area is 176 Å². The molecular weight excluding hydrogens is 402 g/mol. The van der Waals surface area contributed by atoms with Crippen molar-refractivity contribution in [3.8, 4) is 0 Å². The van der Waals surface area contributed by atoms with Gasteiger partial charge in [-0.2, -0.15) is 0 Å². The molecular formula is C22H25N3O4S. The van der Waals surface area contributed by atoms with Crippen molar-refractivity contribution in [2.24, 2.45) is 0 Å². The molecule has 0 spiro atoms. The zero-order valence-electron chi connectivity index (χ0n) is 17.1. The monoisotopic (exact) mass is 427 g/mol. The lowest BCUT2D eigenvalue weighted by atomic mass is 10.1. The number of rotatable bonds is 7. The van der Waals surface area contributed by atoms with Gasteiger partial charge in [-0.15, -0.1) is 0 Å². The van der Waals surface area contributed by atoms with Crippen molar-refractivity contribution in [3.63, 3.8) is 0 Å². The van der Waals surface area contributed by atoms with E-state index in [4.69, 9.17) is 0 Å². The van der Waals surface area contributed by atoms with E-state index in [9.17, 15) is 18.0 Å². The number of aryl methyl sites for hydroxylation is 1. The first kappa shape index (κ1) is 20.4. The van der Waals surface area contributed by atoms with Crippen LogP contribution in [-0.2, 0) is 10.0 Å². The smallest absolute Gasteiger partial charge is 0.269 e. The molecule has 7 nitrogen and oxygen atoms in total. The lowest BCUT2D eigenvalue weighted by molar-refractivity contribution is 0.0863. The highest BCUT2D eigenvalue weighted by molar-refractivity contribution is 7.90. The maximum atomic E-state index is 12.7. The summed E-state index contributed by atoms with van der Waals surface area (Å²) >= 11 is 0. The van der Waals surface area contributed by atoms with Gasteiger partial charge in [-0.25, -0.2) is 12.7 Å². The lowest BCUT2D eigenvalue weighted by Crippen LogP contribution is -2.35. The number of anilines is 1. The van der Waals surface area contributed by atoms with Gasteiger partial charge in [0, 0.05) is 36.9 Å². The number of fused-ring (bicyclic) bond motifs is 1. The molecule has 2 amide bonds. The zero-order valence-corrected chi connectivity index (χ0v) is 17.9. The average molecular weight is 428 g/mol. The standard InChI is InChI=1S/C22H25N3O4S/c1-3-24(18-6-4-5-15(2)13-18)12-11-23-21(26)16-7-10-19-20(14-16)30(28,29)25(22(19)27)17-8-9-17/h4-7,10,13-14,17H,3,8-9,11-12H2,1-2H3,(H,23,26). The Bertz CT molecular complexity index is 1110. The van der Waals surface area contributed by atoms with Gasteiger partial charge in [0.25, 0.3) is 21.8 Å². The highest BCUT2D eigenvalue weighted by Gasteiger charge is 2.48. The van der Waals surface area contributed by atoms with Crippen LogP contribution < -0.4 is 10.2 Å². The summed E-state index contributed by atoms with van der Waals surface area (Å²) < 4.78 is 26.5. The van der Waals surface area contributed by atoms with E-state index in [1.807, 2.05) is 25.1 Å². The largest absolute Gasteiger partial charge is 0.370 e. The number of carbonyl (C=O) groups excluding carboxylic acids is 2. The maximum absolute atomic E-state index is 12.7. The summed E-state index contributed by atoms with van der Waals surface area (Å²) in [6.45, 7) is 5.93. The minimum absolute atomic E-state index is 0.0676. The van der Waals surface area contributed by atoms with Crippen LogP contribution >= 0.6 is 0 Å². The maximum Gasteiger partial charge on any atom is 0.269 e. The second kappa shape index (κ2) is 7.75. The van der Waals surface area contributed by atoms with Gasteiger partial charge in [0.1, 0.15) is 4.90 Å². The topological polar surface area (TPSA) is 86.8 Å². The normalized spacial score (nSPS) is 17.0. The predicted octanol–water partition coefficient (Wildman–Crippen LogP) is 2.56. The number of hydrogen-bond donors (Lipinski definition) is 1. The molecule has 2 aromatic carbocycles. The first-order valence-electron chi connectivity index (χ1n) is 10.2. The molecule has 0 radical (unpaired) electrons. The lowest BCUT2D eigenvalue weighted by Gasteiger charge is -2.23. The quantitative estimate of drug-likeness (QED) is 0.734. The number of hydrogen-bond acceptors (Lipinski definition) is 5. The van der Waals surface area contributed by atoms with E-state index in [0.717, 1.165) is 16.5 Å². The summed E-state index contributed by atoms with van der Waals surface area (Å²) in [5.74, 6) is -0.846. The number of nitrogens with zero attached hydrogens (tertiary/aromatic N) is 2. The van der Waals surface area contributed by atoms with Crippen molar-refractivity contribution in [1.82, 2.24) is 9.62 Å². The number of nitrogens with one attached hydrogen (secondary N) is 1. The van der Waals surface area contributed by atoms with Crippen molar-refractivity contribution in [2.75, 3.05) is 24.5 Å².